The van der Waals surface area contributed by atoms with Gasteiger partial charge in [-0.05, 0) is 11.6 Å². The largest absolute Gasteiger partial charge is 0.390 e. The van der Waals surface area contributed by atoms with Crippen molar-refractivity contribution in [2.75, 3.05) is 13.7 Å². The van der Waals surface area contributed by atoms with E-state index in [1.165, 1.54) is 19.2 Å². The van der Waals surface area contributed by atoms with Gasteiger partial charge < -0.3 is 9.84 Å². The molecule has 0 radical (unpaired) electrons. The van der Waals surface area contributed by atoms with Crippen LogP contribution < -0.4 is 0 Å². The van der Waals surface area contributed by atoms with Gasteiger partial charge in [-0.15, -0.1) is 0 Å². The molecule has 1 aromatic rings. The third-order valence-corrected chi connectivity index (χ3v) is 2.06. The van der Waals surface area contributed by atoms with Crippen LogP contribution in [0.5, 0.6) is 0 Å². The van der Waals surface area contributed by atoms with Crippen LogP contribution in [-0.4, -0.2) is 29.9 Å². The summed E-state index contributed by atoms with van der Waals surface area (Å²) in [6, 6.07) is 3.35. The van der Waals surface area contributed by atoms with Crippen molar-refractivity contribution in [3.8, 4) is 0 Å². The van der Waals surface area contributed by atoms with E-state index in [-0.39, 0.29) is 24.3 Å². The molecule has 6 heteroatoms. The molecule has 1 atom stereocenters. The average Bonchev–Trinajstić information content (AvgIpc) is 2.21. The first-order valence-electron chi connectivity index (χ1n) is 4.64. The first kappa shape index (κ1) is 12.5. The fourth-order valence-electron chi connectivity index (χ4n) is 1.32. The molecule has 0 aliphatic heterocycles. The number of aliphatic hydroxyl groups is 1. The lowest BCUT2D eigenvalue weighted by Gasteiger charge is -2.09. The van der Waals surface area contributed by atoms with Crippen molar-refractivity contribution < 1.29 is 19.2 Å². The second-order valence-electron chi connectivity index (χ2n) is 3.35. The highest BCUT2D eigenvalue weighted by Crippen LogP contribution is 2.17. The lowest BCUT2D eigenvalue weighted by molar-refractivity contribution is -0.385. The number of methoxy groups -OCH3 is 1. The van der Waals surface area contributed by atoms with Crippen molar-refractivity contribution in [1.82, 2.24) is 0 Å². The zero-order valence-corrected chi connectivity index (χ0v) is 8.72. The zero-order chi connectivity index (χ0) is 12.1. The van der Waals surface area contributed by atoms with Gasteiger partial charge in [0.15, 0.2) is 0 Å². The predicted molar refractivity (Wildman–Crippen MR) is 54.6 cm³/mol. The molecule has 1 N–H and O–H groups in total. The zero-order valence-electron chi connectivity index (χ0n) is 8.72. The molecule has 0 aliphatic rings. The van der Waals surface area contributed by atoms with Gasteiger partial charge in [0, 0.05) is 19.6 Å². The van der Waals surface area contributed by atoms with Gasteiger partial charge in [-0.3, -0.25) is 10.1 Å². The van der Waals surface area contributed by atoms with E-state index in [0.717, 1.165) is 6.07 Å². The van der Waals surface area contributed by atoms with Gasteiger partial charge in [-0.25, -0.2) is 4.39 Å². The molecule has 0 fully saturated rings. The van der Waals surface area contributed by atoms with Crippen LogP contribution in [0.4, 0.5) is 10.1 Å². The van der Waals surface area contributed by atoms with Crippen LogP contribution in [0.15, 0.2) is 18.2 Å². The molecular weight excluding hydrogens is 217 g/mol. The predicted octanol–water partition coefficient (Wildman–Crippen LogP) is 1.28. The van der Waals surface area contributed by atoms with Crippen molar-refractivity contribution in [2.24, 2.45) is 0 Å². The van der Waals surface area contributed by atoms with Crippen molar-refractivity contribution >= 4 is 5.69 Å². The van der Waals surface area contributed by atoms with E-state index in [9.17, 15) is 19.6 Å². The molecule has 0 aromatic heterocycles. The van der Waals surface area contributed by atoms with Crippen LogP contribution >= 0.6 is 0 Å². The number of aliphatic hydroxyl groups excluding tert-OH is 1. The molecule has 88 valence electrons. The number of hydrogen-bond donors (Lipinski definition) is 1. The minimum atomic E-state index is -0.819. The number of halogens is 1. The molecule has 0 saturated carbocycles. The lowest BCUT2D eigenvalue weighted by Crippen LogP contribution is -2.17. The summed E-state index contributed by atoms with van der Waals surface area (Å²) in [5.41, 5.74) is -0.0716. The summed E-state index contributed by atoms with van der Waals surface area (Å²) in [5.74, 6) is -0.690. The number of ether oxygens (including phenoxy) is 1. The van der Waals surface area contributed by atoms with Gasteiger partial charge in [0.25, 0.3) is 5.69 Å². The highest BCUT2D eigenvalue weighted by Gasteiger charge is 2.13. The Morgan fingerprint density at radius 1 is 1.62 bits per heavy atom. The molecule has 0 heterocycles. The Morgan fingerprint density at radius 2 is 2.31 bits per heavy atom. The number of rotatable bonds is 5. The minimum Gasteiger partial charge on any atom is -0.390 e. The second kappa shape index (κ2) is 5.53. The summed E-state index contributed by atoms with van der Waals surface area (Å²) >= 11 is 0. The Labute approximate surface area is 91.6 Å². The monoisotopic (exact) mass is 229 g/mol. The first-order valence-corrected chi connectivity index (χ1v) is 4.64. The Morgan fingerprint density at radius 3 is 2.81 bits per heavy atom. The summed E-state index contributed by atoms with van der Waals surface area (Å²) in [6.07, 6.45) is -0.751. The van der Waals surface area contributed by atoms with Crippen LogP contribution in [-0.2, 0) is 11.2 Å². The summed E-state index contributed by atoms with van der Waals surface area (Å²) in [4.78, 5) is 9.69. The summed E-state index contributed by atoms with van der Waals surface area (Å²) in [7, 11) is 1.43. The van der Waals surface area contributed by atoms with Crippen LogP contribution in [0.25, 0.3) is 0 Å². The van der Waals surface area contributed by atoms with Gasteiger partial charge in [0.1, 0.15) is 5.82 Å². The maximum atomic E-state index is 13.4. The quantitative estimate of drug-likeness (QED) is 0.609. The number of hydrogen-bond acceptors (Lipinski definition) is 4. The second-order valence-corrected chi connectivity index (χ2v) is 3.35. The fourth-order valence-corrected chi connectivity index (χ4v) is 1.32. The number of nitrogens with zero attached hydrogens (tertiary/aromatic N) is 1. The van der Waals surface area contributed by atoms with Crippen molar-refractivity contribution in [1.29, 1.82) is 0 Å². The minimum absolute atomic E-state index is 0.0671. The molecule has 0 saturated heterocycles. The van der Waals surface area contributed by atoms with Gasteiger partial charge >= 0.3 is 0 Å². The highest BCUT2D eigenvalue weighted by molar-refractivity contribution is 5.34. The third-order valence-electron chi connectivity index (χ3n) is 2.06. The summed E-state index contributed by atoms with van der Waals surface area (Å²) < 4.78 is 18.1. The smallest absolute Gasteiger partial charge is 0.272 e. The van der Waals surface area contributed by atoms with E-state index in [1.54, 1.807) is 0 Å². The molecule has 1 unspecified atom stereocenters. The lowest BCUT2D eigenvalue weighted by atomic mass is 10.1. The molecular formula is C10H12FNO4. The van der Waals surface area contributed by atoms with E-state index >= 15 is 0 Å². The molecule has 16 heavy (non-hydrogen) atoms. The van der Waals surface area contributed by atoms with Crippen LogP contribution in [0.2, 0.25) is 0 Å². The van der Waals surface area contributed by atoms with Crippen LogP contribution in [0.3, 0.4) is 0 Å². The Balaban J connectivity index is 2.79. The third kappa shape index (κ3) is 3.25. The molecule has 0 aliphatic carbocycles. The molecule has 1 rings (SSSR count). The Kier molecular flexibility index (Phi) is 4.33. The summed E-state index contributed by atoms with van der Waals surface area (Å²) in [6.45, 7) is 0.0937. The average molecular weight is 229 g/mol. The maximum absolute atomic E-state index is 13.4. The Hall–Kier alpha value is -1.53. The highest BCUT2D eigenvalue weighted by atomic mass is 19.1. The normalized spacial score (nSPS) is 12.4. The Bertz CT molecular complexity index is 383. The number of nitro groups is 1. The number of non-ortho nitro benzene ring substituents is 1. The van der Waals surface area contributed by atoms with E-state index in [4.69, 9.17) is 4.74 Å². The molecule has 0 spiro atoms. The van der Waals surface area contributed by atoms with E-state index < -0.39 is 16.8 Å². The molecule has 0 bridgehead atoms. The maximum Gasteiger partial charge on any atom is 0.272 e. The van der Waals surface area contributed by atoms with E-state index in [2.05, 4.69) is 0 Å². The number of nitro benzene ring substituents is 1. The summed E-state index contributed by atoms with van der Waals surface area (Å²) in [5, 5.41) is 19.7. The standard InChI is InChI=1S/C10H12FNO4/c1-16-6-9(13)4-7-2-3-8(12(14)15)5-10(7)11/h2-3,5,9,13H,4,6H2,1H3. The molecule has 1 aromatic carbocycles. The first-order chi connectivity index (χ1) is 7.54. The van der Waals surface area contributed by atoms with Crippen molar-refractivity contribution in [3.05, 3.63) is 39.7 Å². The molecule has 0 amide bonds. The SMILES string of the molecule is COCC(O)Cc1ccc([N+](=O)[O-])cc1F. The molecule has 5 nitrogen and oxygen atoms in total. The van der Waals surface area contributed by atoms with Gasteiger partial charge in [-0.1, -0.05) is 0 Å². The van der Waals surface area contributed by atoms with Gasteiger partial charge in [0.2, 0.25) is 0 Å². The van der Waals surface area contributed by atoms with Gasteiger partial charge in [0.05, 0.1) is 23.7 Å². The van der Waals surface area contributed by atoms with Crippen LogP contribution in [0, 0.1) is 15.9 Å². The number of benzene rings is 1. The van der Waals surface area contributed by atoms with E-state index in [0.29, 0.717) is 0 Å². The van der Waals surface area contributed by atoms with Gasteiger partial charge in [-0.2, -0.15) is 0 Å². The van der Waals surface area contributed by atoms with E-state index in [1.807, 2.05) is 0 Å². The van der Waals surface area contributed by atoms with Crippen molar-refractivity contribution in [3.63, 3.8) is 0 Å². The topological polar surface area (TPSA) is 72.6 Å². The van der Waals surface area contributed by atoms with Crippen molar-refractivity contribution in [2.45, 2.75) is 12.5 Å². The van der Waals surface area contributed by atoms with Crippen LogP contribution in [0.1, 0.15) is 5.56 Å². The fraction of sp³-hybridized carbons (Fsp3) is 0.400.